The van der Waals surface area contributed by atoms with E-state index in [1.54, 1.807) is 12.1 Å². The van der Waals surface area contributed by atoms with Gasteiger partial charge in [0, 0.05) is 44.0 Å². The monoisotopic (exact) mass is 301 g/mol. The maximum atomic E-state index is 12.2. The summed E-state index contributed by atoms with van der Waals surface area (Å²) < 4.78 is 0. The number of likely N-dealkylation sites (N-methyl/N-ethyl adjacent to an activating group) is 1. The summed E-state index contributed by atoms with van der Waals surface area (Å²) in [5.41, 5.74) is 1.22. The molecule has 1 fully saturated rings. The van der Waals surface area contributed by atoms with Gasteiger partial charge in [-0.25, -0.2) is 9.97 Å². The molecule has 2 aromatic rings. The fourth-order valence-corrected chi connectivity index (χ4v) is 2.34. The average molecular weight is 301 g/mol. The van der Waals surface area contributed by atoms with Gasteiger partial charge in [-0.1, -0.05) is 0 Å². The van der Waals surface area contributed by atoms with Crippen LogP contribution in [0.1, 0.15) is 16.2 Å². The van der Waals surface area contributed by atoms with Gasteiger partial charge in [-0.05, 0) is 14.0 Å². The summed E-state index contributed by atoms with van der Waals surface area (Å²) in [4.78, 5) is 25.0. The van der Waals surface area contributed by atoms with Crippen molar-refractivity contribution in [3.63, 3.8) is 0 Å². The van der Waals surface area contributed by atoms with Gasteiger partial charge in [0.25, 0.3) is 5.91 Å². The lowest BCUT2D eigenvalue weighted by molar-refractivity contribution is 0.102. The number of aryl methyl sites for hydroxylation is 1. The number of anilines is 2. The summed E-state index contributed by atoms with van der Waals surface area (Å²) in [5.74, 6) is 0.984. The van der Waals surface area contributed by atoms with Crippen LogP contribution in [-0.2, 0) is 0 Å². The Hall–Kier alpha value is -2.48. The van der Waals surface area contributed by atoms with E-state index in [9.17, 15) is 4.79 Å². The molecule has 1 amide bonds. The second kappa shape index (κ2) is 6.10. The molecule has 2 N–H and O–H groups in total. The summed E-state index contributed by atoms with van der Waals surface area (Å²) in [7, 11) is 2.10. The van der Waals surface area contributed by atoms with Crippen LogP contribution in [0.2, 0.25) is 0 Å². The standard InChI is InChI=1S/C14H19N7O/c1-10-7-12(19-18-10)17-14(22)11-8-13(16-9-15-11)21-5-3-20(2)4-6-21/h7-9H,3-6H2,1-2H3,(H2,17,18,19,22). The first kappa shape index (κ1) is 14.5. The molecule has 1 aliphatic heterocycles. The fraction of sp³-hybridized carbons (Fsp3) is 0.429. The molecule has 8 nitrogen and oxygen atoms in total. The molecule has 0 unspecified atom stereocenters. The van der Waals surface area contributed by atoms with E-state index in [0.717, 1.165) is 37.7 Å². The summed E-state index contributed by atoms with van der Waals surface area (Å²) in [6.45, 7) is 5.63. The molecule has 1 saturated heterocycles. The van der Waals surface area contributed by atoms with Crippen molar-refractivity contribution in [3.8, 4) is 0 Å². The number of carbonyl (C=O) groups excluding carboxylic acids is 1. The van der Waals surface area contributed by atoms with Gasteiger partial charge < -0.3 is 15.1 Å². The quantitative estimate of drug-likeness (QED) is 0.858. The highest BCUT2D eigenvalue weighted by Gasteiger charge is 2.17. The lowest BCUT2D eigenvalue weighted by Crippen LogP contribution is -2.44. The Morgan fingerprint density at radius 2 is 2.00 bits per heavy atom. The number of hydrogen-bond acceptors (Lipinski definition) is 6. The minimum absolute atomic E-state index is 0.288. The third kappa shape index (κ3) is 3.22. The topological polar surface area (TPSA) is 90.0 Å². The number of carbonyl (C=O) groups is 1. The van der Waals surface area contributed by atoms with E-state index in [1.807, 2.05) is 6.92 Å². The first-order chi connectivity index (χ1) is 10.6. The fourth-order valence-electron chi connectivity index (χ4n) is 2.34. The number of rotatable bonds is 3. The minimum atomic E-state index is -0.288. The Balaban J connectivity index is 1.71. The molecule has 8 heteroatoms. The molecular weight excluding hydrogens is 282 g/mol. The number of hydrogen-bond donors (Lipinski definition) is 2. The van der Waals surface area contributed by atoms with Crippen molar-refractivity contribution in [2.45, 2.75) is 6.92 Å². The maximum absolute atomic E-state index is 12.2. The summed E-state index contributed by atoms with van der Waals surface area (Å²) in [5, 5.41) is 9.49. The van der Waals surface area contributed by atoms with E-state index < -0.39 is 0 Å². The zero-order valence-electron chi connectivity index (χ0n) is 12.7. The Morgan fingerprint density at radius 1 is 1.23 bits per heavy atom. The lowest BCUT2D eigenvalue weighted by Gasteiger charge is -2.33. The number of piperazine rings is 1. The van der Waals surface area contributed by atoms with Crippen LogP contribution >= 0.6 is 0 Å². The SMILES string of the molecule is Cc1cc(NC(=O)c2cc(N3CCN(C)CC3)ncn2)n[nH]1. The minimum Gasteiger partial charge on any atom is -0.354 e. The normalized spacial score (nSPS) is 15.8. The molecule has 0 bridgehead atoms. The highest BCUT2D eigenvalue weighted by molar-refractivity contribution is 6.02. The number of aromatic nitrogens is 4. The average Bonchev–Trinajstić information content (AvgIpc) is 2.93. The molecule has 0 aromatic carbocycles. The maximum Gasteiger partial charge on any atom is 0.275 e. The molecule has 116 valence electrons. The van der Waals surface area contributed by atoms with Gasteiger partial charge in [0.2, 0.25) is 0 Å². The summed E-state index contributed by atoms with van der Waals surface area (Å²) >= 11 is 0. The van der Waals surface area contributed by atoms with Crippen molar-refractivity contribution in [2.24, 2.45) is 0 Å². The van der Waals surface area contributed by atoms with Gasteiger partial charge in [-0.15, -0.1) is 0 Å². The zero-order chi connectivity index (χ0) is 15.5. The lowest BCUT2D eigenvalue weighted by atomic mass is 10.3. The zero-order valence-corrected chi connectivity index (χ0v) is 12.7. The molecule has 3 rings (SSSR count). The largest absolute Gasteiger partial charge is 0.354 e. The van der Waals surface area contributed by atoms with Gasteiger partial charge in [0.05, 0.1) is 0 Å². The predicted molar refractivity (Wildman–Crippen MR) is 83.0 cm³/mol. The van der Waals surface area contributed by atoms with Crippen LogP contribution in [-0.4, -0.2) is 64.2 Å². The molecule has 0 radical (unpaired) electrons. The van der Waals surface area contributed by atoms with Crippen molar-refractivity contribution >= 4 is 17.5 Å². The molecule has 0 atom stereocenters. The number of H-pyrrole nitrogens is 1. The van der Waals surface area contributed by atoms with Crippen LogP contribution in [0.15, 0.2) is 18.5 Å². The van der Waals surface area contributed by atoms with E-state index in [1.165, 1.54) is 6.33 Å². The van der Waals surface area contributed by atoms with Crippen molar-refractivity contribution in [1.82, 2.24) is 25.1 Å². The van der Waals surface area contributed by atoms with E-state index in [2.05, 4.69) is 42.3 Å². The highest BCUT2D eigenvalue weighted by Crippen LogP contribution is 2.14. The number of nitrogens with one attached hydrogen (secondary N) is 2. The predicted octanol–water partition coefficient (Wildman–Crippen LogP) is 0.512. The van der Waals surface area contributed by atoms with Gasteiger partial charge >= 0.3 is 0 Å². The van der Waals surface area contributed by atoms with Crippen molar-refractivity contribution in [1.29, 1.82) is 0 Å². The van der Waals surface area contributed by atoms with Gasteiger partial charge in [-0.3, -0.25) is 9.89 Å². The van der Waals surface area contributed by atoms with Crippen LogP contribution in [0.4, 0.5) is 11.6 Å². The van der Waals surface area contributed by atoms with Gasteiger partial charge in [0.1, 0.15) is 17.8 Å². The molecule has 0 aliphatic carbocycles. The van der Waals surface area contributed by atoms with E-state index in [0.29, 0.717) is 11.5 Å². The molecule has 1 aliphatic rings. The Labute approximate surface area is 128 Å². The Morgan fingerprint density at radius 3 is 2.68 bits per heavy atom. The molecule has 22 heavy (non-hydrogen) atoms. The third-order valence-corrected chi connectivity index (χ3v) is 3.66. The number of amides is 1. The number of nitrogens with zero attached hydrogens (tertiary/aromatic N) is 5. The first-order valence-corrected chi connectivity index (χ1v) is 7.21. The van der Waals surface area contributed by atoms with Crippen LogP contribution in [0.5, 0.6) is 0 Å². The van der Waals surface area contributed by atoms with Crippen LogP contribution < -0.4 is 10.2 Å². The second-order valence-corrected chi connectivity index (χ2v) is 5.44. The van der Waals surface area contributed by atoms with E-state index in [4.69, 9.17) is 0 Å². The van der Waals surface area contributed by atoms with Crippen molar-refractivity contribution < 1.29 is 4.79 Å². The molecule has 0 saturated carbocycles. The van der Waals surface area contributed by atoms with E-state index >= 15 is 0 Å². The molecular formula is C14H19N7O. The third-order valence-electron chi connectivity index (χ3n) is 3.66. The van der Waals surface area contributed by atoms with Crippen molar-refractivity contribution in [2.75, 3.05) is 43.4 Å². The van der Waals surface area contributed by atoms with Gasteiger partial charge in [0.15, 0.2) is 5.82 Å². The summed E-state index contributed by atoms with van der Waals surface area (Å²) in [6, 6.07) is 3.49. The smallest absolute Gasteiger partial charge is 0.275 e. The molecule has 2 aromatic heterocycles. The summed E-state index contributed by atoms with van der Waals surface area (Å²) in [6.07, 6.45) is 1.43. The second-order valence-electron chi connectivity index (χ2n) is 5.44. The molecule has 0 spiro atoms. The Bertz CT molecular complexity index is 661. The van der Waals surface area contributed by atoms with Gasteiger partial charge in [-0.2, -0.15) is 5.10 Å². The number of aromatic amines is 1. The highest BCUT2D eigenvalue weighted by atomic mass is 16.2. The first-order valence-electron chi connectivity index (χ1n) is 7.21. The van der Waals surface area contributed by atoms with Crippen LogP contribution in [0.3, 0.4) is 0 Å². The molecule has 3 heterocycles. The van der Waals surface area contributed by atoms with Crippen LogP contribution in [0, 0.1) is 6.92 Å². The van der Waals surface area contributed by atoms with Crippen molar-refractivity contribution in [3.05, 3.63) is 29.8 Å². The van der Waals surface area contributed by atoms with E-state index in [-0.39, 0.29) is 5.91 Å². The Kier molecular flexibility index (Phi) is 4.01. The van der Waals surface area contributed by atoms with Crippen LogP contribution in [0.25, 0.3) is 0 Å².